The zero-order valence-electron chi connectivity index (χ0n) is 13.4. The van der Waals surface area contributed by atoms with Crippen LogP contribution >= 0.6 is 0 Å². The molecular formula is C17H18FN3O3. The standard InChI is InChI=1S/C17H18FN3O3/c1-17(2,22)11-21-16(14-7-4-8-23-14)19-15(20-21)10-24-13-6-3-5-12(18)9-13/h3-9,22H,10-11H2,1-2H3. The second kappa shape index (κ2) is 6.45. The van der Waals surface area contributed by atoms with Gasteiger partial charge in [0.05, 0.1) is 18.4 Å². The Morgan fingerprint density at radius 1 is 1.29 bits per heavy atom. The van der Waals surface area contributed by atoms with Crippen LogP contribution < -0.4 is 4.74 Å². The molecule has 0 aliphatic heterocycles. The minimum atomic E-state index is -0.963. The van der Waals surface area contributed by atoms with Crippen LogP contribution in [0.3, 0.4) is 0 Å². The molecule has 3 aromatic rings. The molecule has 126 valence electrons. The molecular weight excluding hydrogens is 313 g/mol. The van der Waals surface area contributed by atoms with Gasteiger partial charge < -0.3 is 14.3 Å². The molecule has 24 heavy (non-hydrogen) atoms. The summed E-state index contributed by atoms with van der Waals surface area (Å²) >= 11 is 0. The van der Waals surface area contributed by atoms with E-state index in [0.29, 0.717) is 23.2 Å². The lowest BCUT2D eigenvalue weighted by molar-refractivity contribution is 0.0578. The highest BCUT2D eigenvalue weighted by Gasteiger charge is 2.21. The molecule has 0 saturated heterocycles. The molecule has 6 nitrogen and oxygen atoms in total. The number of benzene rings is 1. The summed E-state index contributed by atoms with van der Waals surface area (Å²) in [5.74, 6) is 1.48. The summed E-state index contributed by atoms with van der Waals surface area (Å²) in [5.41, 5.74) is -0.963. The first-order chi connectivity index (χ1) is 11.4. The molecule has 0 unspecified atom stereocenters. The average molecular weight is 331 g/mol. The maximum Gasteiger partial charge on any atom is 0.194 e. The average Bonchev–Trinajstić information content (AvgIpc) is 3.13. The number of aliphatic hydroxyl groups is 1. The van der Waals surface area contributed by atoms with E-state index in [4.69, 9.17) is 9.15 Å². The third-order valence-electron chi connectivity index (χ3n) is 3.16. The minimum Gasteiger partial charge on any atom is -0.485 e. The van der Waals surface area contributed by atoms with Gasteiger partial charge in [0, 0.05) is 6.07 Å². The van der Waals surface area contributed by atoms with E-state index in [1.165, 1.54) is 12.1 Å². The molecule has 2 heterocycles. The van der Waals surface area contributed by atoms with Crippen LogP contribution in [0.4, 0.5) is 4.39 Å². The molecule has 3 rings (SSSR count). The van der Waals surface area contributed by atoms with Gasteiger partial charge in [-0.25, -0.2) is 14.1 Å². The van der Waals surface area contributed by atoms with E-state index in [1.54, 1.807) is 49.1 Å². The van der Waals surface area contributed by atoms with Crippen LogP contribution in [0.15, 0.2) is 47.1 Å². The highest BCUT2D eigenvalue weighted by molar-refractivity contribution is 5.46. The van der Waals surface area contributed by atoms with Gasteiger partial charge in [-0.05, 0) is 38.1 Å². The fourth-order valence-electron chi connectivity index (χ4n) is 2.22. The third kappa shape index (κ3) is 3.99. The number of furan rings is 1. The van der Waals surface area contributed by atoms with Crippen molar-refractivity contribution in [3.63, 3.8) is 0 Å². The fourth-order valence-corrected chi connectivity index (χ4v) is 2.22. The Hall–Kier alpha value is -2.67. The van der Waals surface area contributed by atoms with Crippen molar-refractivity contribution in [2.75, 3.05) is 0 Å². The number of hydrogen-bond acceptors (Lipinski definition) is 5. The second-order valence-electron chi connectivity index (χ2n) is 6.05. The van der Waals surface area contributed by atoms with Gasteiger partial charge >= 0.3 is 0 Å². The van der Waals surface area contributed by atoms with E-state index in [2.05, 4.69) is 10.1 Å². The van der Waals surface area contributed by atoms with Crippen LogP contribution in [-0.4, -0.2) is 25.5 Å². The smallest absolute Gasteiger partial charge is 0.194 e. The summed E-state index contributed by atoms with van der Waals surface area (Å²) in [5, 5.41) is 14.4. The maximum absolute atomic E-state index is 13.2. The van der Waals surface area contributed by atoms with E-state index in [-0.39, 0.29) is 19.0 Å². The van der Waals surface area contributed by atoms with E-state index < -0.39 is 5.60 Å². The quantitative estimate of drug-likeness (QED) is 0.751. The molecule has 0 bridgehead atoms. The Labute approximate surface area is 138 Å². The number of aromatic nitrogens is 3. The van der Waals surface area contributed by atoms with Gasteiger partial charge in [-0.3, -0.25) is 0 Å². The lowest BCUT2D eigenvalue weighted by Crippen LogP contribution is -2.27. The van der Waals surface area contributed by atoms with Crippen LogP contribution in [0.25, 0.3) is 11.6 Å². The van der Waals surface area contributed by atoms with Crippen LogP contribution in [0.2, 0.25) is 0 Å². The highest BCUT2D eigenvalue weighted by Crippen LogP contribution is 2.21. The summed E-state index contributed by atoms with van der Waals surface area (Å²) in [6, 6.07) is 9.38. The first kappa shape index (κ1) is 16.2. The molecule has 1 aromatic carbocycles. The Kier molecular flexibility index (Phi) is 4.35. The first-order valence-corrected chi connectivity index (χ1v) is 7.49. The van der Waals surface area contributed by atoms with Crippen molar-refractivity contribution in [2.24, 2.45) is 0 Å². The Morgan fingerprint density at radius 3 is 2.79 bits per heavy atom. The molecule has 0 radical (unpaired) electrons. The van der Waals surface area contributed by atoms with Crippen LogP contribution in [-0.2, 0) is 13.2 Å². The van der Waals surface area contributed by atoms with E-state index in [1.807, 2.05) is 0 Å². The van der Waals surface area contributed by atoms with Crippen molar-refractivity contribution in [3.8, 4) is 17.3 Å². The Morgan fingerprint density at radius 2 is 2.12 bits per heavy atom. The lowest BCUT2D eigenvalue weighted by Gasteiger charge is -2.17. The lowest BCUT2D eigenvalue weighted by atomic mass is 10.1. The van der Waals surface area contributed by atoms with Crippen LogP contribution in [0.5, 0.6) is 5.75 Å². The first-order valence-electron chi connectivity index (χ1n) is 7.49. The van der Waals surface area contributed by atoms with E-state index >= 15 is 0 Å². The van der Waals surface area contributed by atoms with Crippen molar-refractivity contribution >= 4 is 0 Å². The Bertz CT molecular complexity index is 807. The van der Waals surface area contributed by atoms with Gasteiger partial charge in [0.2, 0.25) is 0 Å². The summed E-state index contributed by atoms with van der Waals surface area (Å²) in [4.78, 5) is 4.40. The zero-order valence-corrected chi connectivity index (χ0v) is 13.4. The largest absolute Gasteiger partial charge is 0.485 e. The number of ether oxygens (including phenoxy) is 1. The molecule has 0 aliphatic carbocycles. The summed E-state index contributed by atoms with van der Waals surface area (Å²) in [7, 11) is 0. The zero-order chi connectivity index (χ0) is 17.2. The van der Waals surface area contributed by atoms with Gasteiger partial charge in [0.25, 0.3) is 0 Å². The Balaban J connectivity index is 1.82. The predicted octanol–water partition coefficient (Wildman–Crippen LogP) is 3.03. The van der Waals surface area contributed by atoms with Crippen molar-refractivity contribution in [1.82, 2.24) is 14.8 Å². The number of halogens is 1. The van der Waals surface area contributed by atoms with Gasteiger partial charge in [0.15, 0.2) is 17.4 Å². The number of nitrogens with zero attached hydrogens (tertiary/aromatic N) is 3. The third-order valence-corrected chi connectivity index (χ3v) is 3.16. The van der Waals surface area contributed by atoms with Gasteiger partial charge in [0.1, 0.15) is 18.2 Å². The summed E-state index contributed by atoms with van der Waals surface area (Å²) in [6.07, 6.45) is 1.54. The van der Waals surface area contributed by atoms with Crippen molar-refractivity contribution in [2.45, 2.75) is 32.6 Å². The molecule has 2 aromatic heterocycles. The summed E-state index contributed by atoms with van der Waals surface area (Å²) < 4.78 is 25.6. The van der Waals surface area contributed by atoms with Crippen LogP contribution in [0.1, 0.15) is 19.7 Å². The topological polar surface area (TPSA) is 73.3 Å². The second-order valence-corrected chi connectivity index (χ2v) is 6.05. The van der Waals surface area contributed by atoms with E-state index in [0.717, 1.165) is 0 Å². The monoisotopic (exact) mass is 331 g/mol. The van der Waals surface area contributed by atoms with Gasteiger partial charge in [-0.15, -0.1) is 0 Å². The van der Waals surface area contributed by atoms with Crippen molar-refractivity contribution in [1.29, 1.82) is 0 Å². The molecule has 0 fully saturated rings. The van der Waals surface area contributed by atoms with Crippen molar-refractivity contribution < 1.29 is 18.7 Å². The van der Waals surface area contributed by atoms with Gasteiger partial charge in [-0.1, -0.05) is 6.07 Å². The molecule has 0 aliphatic rings. The molecule has 0 spiro atoms. The predicted molar refractivity (Wildman–Crippen MR) is 84.8 cm³/mol. The minimum absolute atomic E-state index is 0.0794. The molecule has 0 amide bonds. The van der Waals surface area contributed by atoms with E-state index in [9.17, 15) is 9.50 Å². The highest BCUT2D eigenvalue weighted by atomic mass is 19.1. The summed E-state index contributed by atoms with van der Waals surface area (Å²) in [6.45, 7) is 3.69. The SMILES string of the molecule is CC(C)(O)Cn1nc(COc2cccc(F)c2)nc1-c1ccco1. The number of rotatable bonds is 6. The van der Waals surface area contributed by atoms with Gasteiger partial charge in [-0.2, -0.15) is 5.10 Å². The molecule has 7 heteroatoms. The fraction of sp³-hybridized carbons (Fsp3) is 0.294. The molecule has 0 atom stereocenters. The maximum atomic E-state index is 13.2. The normalized spacial score (nSPS) is 11.7. The molecule has 0 saturated carbocycles. The van der Waals surface area contributed by atoms with Crippen LogP contribution in [0, 0.1) is 5.82 Å². The van der Waals surface area contributed by atoms with Crippen molar-refractivity contribution in [3.05, 3.63) is 54.3 Å². The molecule has 1 N–H and O–H groups in total. The number of hydrogen-bond donors (Lipinski definition) is 1.